The van der Waals surface area contributed by atoms with Crippen LogP contribution in [0.1, 0.15) is 5.69 Å². The van der Waals surface area contributed by atoms with Crippen molar-refractivity contribution in [3.05, 3.63) is 27.0 Å². The lowest BCUT2D eigenvalue weighted by Crippen LogP contribution is -2.09. The van der Waals surface area contributed by atoms with Crippen LogP contribution in [0.2, 0.25) is 15.2 Å². The first-order valence-electron chi connectivity index (χ1n) is 2.91. The van der Waals surface area contributed by atoms with Gasteiger partial charge in [0, 0.05) is 0 Å². The van der Waals surface area contributed by atoms with Gasteiger partial charge in [-0.1, -0.05) is 34.8 Å². The van der Waals surface area contributed by atoms with E-state index in [0.717, 1.165) is 6.07 Å². The number of hydrogen-bond donors (Lipinski definition) is 0. The van der Waals surface area contributed by atoms with Gasteiger partial charge in [-0.15, -0.1) is 0 Å². The van der Waals surface area contributed by atoms with Crippen molar-refractivity contribution in [2.45, 2.75) is 6.18 Å². The van der Waals surface area contributed by atoms with Gasteiger partial charge in [-0.25, -0.2) is 4.98 Å². The van der Waals surface area contributed by atoms with Gasteiger partial charge in [0.1, 0.15) is 5.15 Å². The minimum Gasteiger partial charge on any atom is -0.228 e. The molecule has 0 aliphatic heterocycles. The third-order valence-electron chi connectivity index (χ3n) is 1.16. The van der Waals surface area contributed by atoms with Crippen molar-refractivity contribution < 1.29 is 13.2 Å². The van der Waals surface area contributed by atoms with Crippen molar-refractivity contribution in [3.8, 4) is 0 Å². The molecular weight excluding hydrogens is 249 g/mol. The zero-order valence-electron chi connectivity index (χ0n) is 5.79. The van der Waals surface area contributed by atoms with Crippen LogP contribution in [0.3, 0.4) is 0 Å². The molecule has 0 radical (unpaired) electrons. The summed E-state index contributed by atoms with van der Waals surface area (Å²) in [6.07, 6.45) is -4.62. The number of alkyl halides is 3. The molecule has 0 fully saturated rings. The van der Waals surface area contributed by atoms with E-state index in [1.807, 2.05) is 0 Å². The molecule has 1 heterocycles. The van der Waals surface area contributed by atoms with Crippen LogP contribution in [0, 0.1) is 0 Å². The minimum absolute atomic E-state index is 0.111. The number of hydrogen-bond acceptors (Lipinski definition) is 1. The third kappa shape index (κ3) is 2.39. The standard InChI is InChI=1S/C6HCl3F3N/c7-2-1-3(8)5(9)13-4(2)6(10,11)12/h1H. The number of nitrogens with zero attached hydrogens (tertiary/aromatic N) is 1. The fourth-order valence-corrected chi connectivity index (χ4v) is 1.25. The molecule has 0 bridgehead atoms. The van der Waals surface area contributed by atoms with Crippen molar-refractivity contribution >= 4 is 34.8 Å². The number of pyridine rings is 1. The number of aromatic nitrogens is 1. The van der Waals surface area contributed by atoms with Gasteiger partial charge in [-0.3, -0.25) is 0 Å². The molecule has 1 rings (SSSR count). The van der Waals surface area contributed by atoms with Gasteiger partial charge in [0.2, 0.25) is 0 Å². The van der Waals surface area contributed by atoms with E-state index in [-0.39, 0.29) is 5.02 Å². The van der Waals surface area contributed by atoms with E-state index in [4.69, 9.17) is 34.8 Å². The zero-order valence-corrected chi connectivity index (χ0v) is 8.06. The fourth-order valence-electron chi connectivity index (χ4n) is 0.643. The minimum atomic E-state index is -4.62. The molecule has 0 aromatic carbocycles. The van der Waals surface area contributed by atoms with Crippen molar-refractivity contribution in [1.82, 2.24) is 4.98 Å². The van der Waals surface area contributed by atoms with Gasteiger partial charge >= 0.3 is 6.18 Å². The average Bonchev–Trinajstić information content (AvgIpc) is 1.94. The first-order valence-corrected chi connectivity index (χ1v) is 4.04. The molecule has 0 saturated carbocycles. The van der Waals surface area contributed by atoms with Crippen LogP contribution in [-0.4, -0.2) is 4.98 Å². The molecule has 0 atom stereocenters. The highest BCUT2D eigenvalue weighted by atomic mass is 35.5. The molecule has 0 aliphatic carbocycles. The van der Waals surface area contributed by atoms with Crippen LogP contribution in [0.5, 0.6) is 0 Å². The van der Waals surface area contributed by atoms with Crippen molar-refractivity contribution in [2.75, 3.05) is 0 Å². The first-order chi connectivity index (χ1) is 5.82. The Bertz CT molecular complexity index is 337. The van der Waals surface area contributed by atoms with Gasteiger partial charge in [0.25, 0.3) is 0 Å². The lowest BCUT2D eigenvalue weighted by atomic mass is 10.3. The predicted molar refractivity (Wildman–Crippen MR) is 44.3 cm³/mol. The summed E-state index contributed by atoms with van der Waals surface area (Å²) in [6, 6.07) is 0.904. The summed E-state index contributed by atoms with van der Waals surface area (Å²) < 4.78 is 36.3. The summed E-state index contributed by atoms with van der Waals surface area (Å²) in [4.78, 5) is 3.02. The van der Waals surface area contributed by atoms with Crippen molar-refractivity contribution in [3.63, 3.8) is 0 Å². The second kappa shape index (κ2) is 3.52. The second-order valence-corrected chi connectivity index (χ2v) is 3.26. The average molecular weight is 250 g/mol. The Hall–Kier alpha value is -0.190. The molecule has 13 heavy (non-hydrogen) atoms. The van der Waals surface area contributed by atoms with Crippen LogP contribution in [0.25, 0.3) is 0 Å². The summed E-state index contributed by atoms with van der Waals surface area (Å²) in [5, 5.41) is -1.10. The third-order valence-corrected chi connectivity index (χ3v) is 2.12. The van der Waals surface area contributed by atoms with Crippen molar-refractivity contribution in [2.24, 2.45) is 0 Å². The molecule has 1 aromatic heterocycles. The molecule has 1 aromatic rings. The van der Waals surface area contributed by atoms with Gasteiger partial charge in [0.15, 0.2) is 5.69 Å². The highest BCUT2D eigenvalue weighted by Gasteiger charge is 2.35. The quantitative estimate of drug-likeness (QED) is 0.633. The van der Waals surface area contributed by atoms with Gasteiger partial charge < -0.3 is 0 Å². The Morgan fingerprint density at radius 2 is 1.62 bits per heavy atom. The van der Waals surface area contributed by atoms with Crippen LogP contribution in [0.4, 0.5) is 13.2 Å². The summed E-state index contributed by atoms with van der Waals surface area (Å²) in [7, 11) is 0. The molecule has 0 spiro atoms. The molecule has 0 aliphatic rings. The zero-order chi connectivity index (χ0) is 10.2. The maximum absolute atomic E-state index is 12.1. The van der Waals surface area contributed by atoms with Crippen LogP contribution < -0.4 is 0 Å². The van der Waals surface area contributed by atoms with E-state index < -0.39 is 22.0 Å². The normalized spacial score (nSPS) is 11.8. The largest absolute Gasteiger partial charge is 0.434 e. The van der Waals surface area contributed by atoms with E-state index >= 15 is 0 Å². The van der Waals surface area contributed by atoms with E-state index in [1.54, 1.807) is 0 Å². The fraction of sp³-hybridized carbons (Fsp3) is 0.167. The van der Waals surface area contributed by atoms with Crippen LogP contribution in [0.15, 0.2) is 6.07 Å². The predicted octanol–water partition coefficient (Wildman–Crippen LogP) is 4.06. The molecule has 0 saturated heterocycles. The summed E-state index contributed by atoms with van der Waals surface area (Å²) in [5.74, 6) is 0. The van der Waals surface area contributed by atoms with E-state index in [0.29, 0.717) is 0 Å². The highest BCUT2D eigenvalue weighted by molar-refractivity contribution is 6.42. The maximum Gasteiger partial charge on any atom is 0.434 e. The summed E-state index contributed by atoms with van der Waals surface area (Å²) in [6.45, 7) is 0. The lowest BCUT2D eigenvalue weighted by molar-refractivity contribution is -0.141. The Labute approximate surface area is 86.4 Å². The molecule has 7 heteroatoms. The molecule has 0 amide bonds. The van der Waals surface area contributed by atoms with Crippen LogP contribution in [-0.2, 0) is 6.18 Å². The Balaban J connectivity index is 3.32. The Kier molecular flexibility index (Phi) is 2.95. The first kappa shape index (κ1) is 10.9. The smallest absolute Gasteiger partial charge is 0.228 e. The van der Waals surface area contributed by atoms with Crippen molar-refractivity contribution in [1.29, 1.82) is 0 Å². The molecule has 0 N–H and O–H groups in total. The van der Waals surface area contributed by atoms with Gasteiger partial charge in [-0.05, 0) is 6.07 Å². The molecule has 1 nitrogen and oxygen atoms in total. The lowest BCUT2D eigenvalue weighted by Gasteiger charge is -2.08. The molecule has 72 valence electrons. The monoisotopic (exact) mass is 249 g/mol. The topological polar surface area (TPSA) is 12.9 Å². The molecular formula is C6HCl3F3N. The van der Waals surface area contributed by atoms with E-state index in [9.17, 15) is 13.2 Å². The Morgan fingerprint density at radius 1 is 1.08 bits per heavy atom. The van der Waals surface area contributed by atoms with Crippen LogP contribution >= 0.6 is 34.8 Å². The van der Waals surface area contributed by atoms with E-state index in [2.05, 4.69) is 4.98 Å². The summed E-state index contributed by atoms with van der Waals surface area (Å²) in [5.41, 5.74) is -1.23. The number of rotatable bonds is 0. The Morgan fingerprint density at radius 3 is 2.08 bits per heavy atom. The molecule has 0 unspecified atom stereocenters. The summed E-state index contributed by atoms with van der Waals surface area (Å²) >= 11 is 15.9. The van der Waals surface area contributed by atoms with E-state index in [1.165, 1.54) is 0 Å². The SMILES string of the molecule is FC(F)(F)c1nc(Cl)c(Cl)cc1Cl. The second-order valence-electron chi connectivity index (χ2n) is 2.09. The maximum atomic E-state index is 12.1. The van der Waals surface area contributed by atoms with Gasteiger partial charge in [0.05, 0.1) is 10.0 Å². The number of halogens is 6. The highest BCUT2D eigenvalue weighted by Crippen LogP contribution is 2.36. The van der Waals surface area contributed by atoms with Gasteiger partial charge in [-0.2, -0.15) is 13.2 Å².